The van der Waals surface area contributed by atoms with Crippen molar-refractivity contribution in [2.24, 2.45) is 0 Å². The molecule has 0 N–H and O–H groups in total. The SMILES string of the molecule is c1cncc(C2c3ccccc3Oc3ccccc32)c1. The zero-order chi connectivity index (χ0) is 13.4. The summed E-state index contributed by atoms with van der Waals surface area (Å²) in [5, 5.41) is 0. The van der Waals surface area contributed by atoms with Gasteiger partial charge in [0.2, 0.25) is 0 Å². The highest BCUT2D eigenvalue weighted by Gasteiger charge is 2.27. The van der Waals surface area contributed by atoms with E-state index in [1.165, 1.54) is 16.7 Å². The van der Waals surface area contributed by atoms with Crippen LogP contribution in [0.5, 0.6) is 11.5 Å². The number of fused-ring (bicyclic) bond motifs is 2. The van der Waals surface area contributed by atoms with E-state index in [1.807, 2.05) is 36.5 Å². The van der Waals surface area contributed by atoms with Gasteiger partial charge in [-0.05, 0) is 23.8 Å². The second-order valence-corrected chi connectivity index (χ2v) is 4.90. The van der Waals surface area contributed by atoms with E-state index in [9.17, 15) is 0 Å². The molecule has 2 heterocycles. The van der Waals surface area contributed by atoms with Gasteiger partial charge in [-0.2, -0.15) is 0 Å². The fourth-order valence-corrected chi connectivity index (χ4v) is 2.82. The van der Waals surface area contributed by atoms with Gasteiger partial charge in [0, 0.05) is 29.4 Å². The van der Waals surface area contributed by atoms with Crippen LogP contribution in [-0.4, -0.2) is 4.98 Å². The lowest BCUT2D eigenvalue weighted by Crippen LogP contribution is -2.11. The molecule has 2 aromatic carbocycles. The Kier molecular flexibility index (Phi) is 2.52. The number of hydrogen-bond acceptors (Lipinski definition) is 2. The van der Waals surface area contributed by atoms with Crippen LogP contribution in [0.25, 0.3) is 0 Å². The van der Waals surface area contributed by atoms with E-state index in [0.717, 1.165) is 11.5 Å². The molecule has 0 amide bonds. The van der Waals surface area contributed by atoms with Gasteiger partial charge >= 0.3 is 0 Å². The molecule has 1 aliphatic heterocycles. The van der Waals surface area contributed by atoms with Crippen molar-refractivity contribution in [3.63, 3.8) is 0 Å². The fraction of sp³-hybridized carbons (Fsp3) is 0.0556. The first-order chi connectivity index (χ1) is 9.93. The molecule has 0 bridgehead atoms. The molecule has 0 aliphatic carbocycles. The average molecular weight is 259 g/mol. The molecule has 0 saturated carbocycles. The molecule has 0 spiro atoms. The minimum atomic E-state index is 0.185. The highest BCUT2D eigenvalue weighted by atomic mass is 16.5. The number of rotatable bonds is 1. The quantitative estimate of drug-likeness (QED) is 0.506. The van der Waals surface area contributed by atoms with Gasteiger partial charge in [-0.25, -0.2) is 0 Å². The van der Waals surface area contributed by atoms with Gasteiger partial charge in [0.15, 0.2) is 0 Å². The largest absolute Gasteiger partial charge is 0.457 e. The molecular weight excluding hydrogens is 246 g/mol. The van der Waals surface area contributed by atoms with Gasteiger partial charge in [0.1, 0.15) is 11.5 Å². The highest BCUT2D eigenvalue weighted by Crippen LogP contribution is 2.46. The first-order valence-corrected chi connectivity index (χ1v) is 6.69. The smallest absolute Gasteiger partial charge is 0.131 e. The van der Waals surface area contributed by atoms with E-state index in [2.05, 4.69) is 35.3 Å². The molecule has 0 unspecified atom stereocenters. The Hall–Kier alpha value is -2.61. The zero-order valence-electron chi connectivity index (χ0n) is 10.9. The lowest BCUT2D eigenvalue weighted by Gasteiger charge is -2.28. The Bertz CT molecular complexity index is 707. The van der Waals surface area contributed by atoms with Crippen molar-refractivity contribution in [1.82, 2.24) is 4.98 Å². The third kappa shape index (κ3) is 1.69. The molecule has 96 valence electrons. The summed E-state index contributed by atoms with van der Waals surface area (Å²) in [4.78, 5) is 4.26. The second kappa shape index (κ2) is 4.49. The van der Waals surface area contributed by atoms with Gasteiger partial charge in [0.25, 0.3) is 0 Å². The summed E-state index contributed by atoms with van der Waals surface area (Å²) < 4.78 is 6.01. The van der Waals surface area contributed by atoms with Crippen molar-refractivity contribution in [3.8, 4) is 11.5 Å². The minimum absolute atomic E-state index is 0.185. The molecule has 2 nitrogen and oxygen atoms in total. The van der Waals surface area contributed by atoms with Gasteiger partial charge in [-0.15, -0.1) is 0 Å². The third-order valence-electron chi connectivity index (χ3n) is 3.70. The van der Waals surface area contributed by atoms with Crippen molar-refractivity contribution in [2.75, 3.05) is 0 Å². The lowest BCUT2D eigenvalue weighted by molar-refractivity contribution is 0.453. The summed E-state index contributed by atoms with van der Waals surface area (Å²) in [6.45, 7) is 0. The molecule has 1 aromatic heterocycles. The van der Waals surface area contributed by atoms with Crippen LogP contribution in [0.2, 0.25) is 0 Å². The van der Waals surface area contributed by atoms with Crippen molar-refractivity contribution < 1.29 is 4.74 Å². The van der Waals surface area contributed by atoms with Crippen molar-refractivity contribution in [3.05, 3.63) is 89.7 Å². The van der Waals surface area contributed by atoms with E-state index in [-0.39, 0.29) is 5.92 Å². The predicted octanol–water partition coefficient (Wildman–Crippen LogP) is 4.37. The zero-order valence-corrected chi connectivity index (χ0v) is 10.9. The summed E-state index contributed by atoms with van der Waals surface area (Å²) in [5.74, 6) is 2.05. The van der Waals surface area contributed by atoms with Crippen molar-refractivity contribution in [1.29, 1.82) is 0 Å². The van der Waals surface area contributed by atoms with Crippen LogP contribution in [0.1, 0.15) is 22.6 Å². The molecule has 1 aliphatic rings. The summed E-state index contributed by atoms with van der Waals surface area (Å²) in [6.07, 6.45) is 3.74. The fourth-order valence-electron chi connectivity index (χ4n) is 2.82. The Morgan fingerprint density at radius 1 is 0.750 bits per heavy atom. The molecule has 0 radical (unpaired) electrons. The molecule has 20 heavy (non-hydrogen) atoms. The molecule has 0 fully saturated rings. The van der Waals surface area contributed by atoms with Crippen molar-refractivity contribution >= 4 is 0 Å². The summed E-state index contributed by atoms with van der Waals surface area (Å²) in [7, 11) is 0. The average Bonchev–Trinajstić information content (AvgIpc) is 2.53. The monoisotopic (exact) mass is 259 g/mol. The maximum atomic E-state index is 6.01. The topological polar surface area (TPSA) is 22.1 Å². The van der Waals surface area contributed by atoms with E-state index in [0.29, 0.717) is 0 Å². The van der Waals surface area contributed by atoms with Crippen LogP contribution in [-0.2, 0) is 0 Å². The number of para-hydroxylation sites is 2. The van der Waals surface area contributed by atoms with Gasteiger partial charge < -0.3 is 4.74 Å². The Labute approximate surface area is 117 Å². The number of pyridine rings is 1. The number of aromatic nitrogens is 1. The number of benzene rings is 2. The Morgan fingerprint density at radius 3 is 2.00 bits per heavy atom. The molecular formula is C18H13NO. The Morgan fingerprint density at radius 2 is 1.40 bits per heavy atom. The Balaban J connectivity index is 1.98. The lowest BCUT2D eigenvalue weighted by atomic mass is 9.83. The predicted molar refractivity (Wildman–Crippen MR) is 78.1 cm³/mol. The van der Waals surface area contributed by atoms with Crippen LogP contribution in [0.3, 0.4) is 0 Å². The maximum Gasteiger partial charge on any atom is 0.131 e. The van der Waals surface area contributed by atoms with Crippen LogP contribution in [0.15, 0.2) is 73.1 Å². The minimum Gasteiger partial charge on any atom is -0.457 e. The van der Waals surface area contributed by atoms with Crippen LogP contribution < -0.4 is 4.74 Å². The van der Waals surface area contributed by atoms with Crippen LogP contribution >= 0.6 is 0 Å². The van der Waals surface area contributed by atoms with E-state index in [1.54, 1.807) is 6.20 Å². The molecule has 0 atom stereocenters. The van der Waals surface area contributed by atoms with Crippen molar-refractivity contribution in [2.45, 2.75) is 5.92 Å². The van der Waals surface area contributed by atoms with Gasteiger partial charge in [-0.3, -0.25) is 4.98 Å². The normalized spacial score (nSPS) is 13.2. The van der Waals surface area contributed by atoms with Gasteiger partial charge in [0.05, 0.1) is 0 Å². The number of nitrogens with zero attached hydrogens (tertiary/aromatic N) is 1. The molecule has 4 rings (SSSR count). The third-order valence-corrected chi connectivity index (χ3v) is 3.70. The van der Waals surface area contributed by atoms with Crippen LogP contribution in [0.4, 0.5) is 0 Å². The second-order valence-electron chi connectivity index (χ2n) is 4.90. The van der Waals surface area contributed by atoms with E-state index >= 15 is 0 Å². The van der Waals surface area contributed by atoms with Gasteiger partial charge in [-0.1, -0.05) is 42.5 Å². The first kappa shape index (κ1) is 11.2. The molecule has 0 saturated heterocycles. The summed E-state index contributed by atoms with van der Waals surface area (Å²) >= 11 is 0. The standard InChI is InChI=1S/C18H13NO/c1-3-9-16-14(7-1)18(13-6-5-11-19-12-13)15-8-2-4-10-17(15)20-16/h1-12,18H. The molecule has 3 aromatic rings. The number of ether oxygens (including phenoxy) is 1. The van der Waals surface area contributed by atoms with Crippen LogP contribution in [0, 0.1) is 0 Å². The number of hydrogen-bond donors (Lipinski definition) is 0. The first-order valence-electron chi connectivity index (χ1n) is 6.69. The summed E-state index contributed by atoms with van der Waals surface area (Å²) in [5.41, 5.74) is 3.58. The molecule has 2 heteroatoms. The highest BCUT2D eigenvalue weighted by molar-refractivity contribution is 5.57. The maximum absolute atomic E-state index is 6.01. The summed E-state index contributed by atoms with van der Waals surface area (Å²) in [6, 6.07) is 20.5. The van der Waals surface area contributed by atoms with E-state index in [4.69, 9.17) is 4.74 Å². The van der Waals surface area contributed by atoms with E-state index < -0.39 is 0 Å².